The van der Waals surface area contributed by atoms with Gasteiger partial charge < -0.3 is 20.7 Å². The van der Waals surface area contributed by atoms with Gasteiger partial charge in [-0.25, -0.2) is 0 Å². The number of amides is 3. The molecule has 1 rings (SSSR count). The highest BCUT2D eigenvalue weighted by atomic mass is 16.5. The molecular weight excluding hydrogens is 322 g/mol. The van der Waals surface area contributed by atoms with Crippen LogP contribution in [0.2, 0.25) is 0 Å². The van der Waals surface area contributed by atoms with E-state index in [1.54, 1.807) is 6.92 Å². The third-order valence-corrected chi connectivity index (χ3v) is 3.38. The largest absolute Gasteiger partial charge is 0.488 e. The zero-order chi connectivity index (χ0) is 19.0. The van der Waals surface area contributed by atoms with E-state index < -0.39 is 18.0 Å². The van der Waals surface area contributed by atoms with Crippen molar-refractivity contribution in [2.24, 2.45) is 0 Å². The van der Waals surface area contributed by atoms with Gasteiger partial charge in [0.2, 0.25) is 18.2 Å². The van der Waals surface area contributed by atoms with E-state index in [-0.39, 0.29) is 11.5 Å². The number of hydrogen-bond donors (Lipinski definition) is 3. The Kier molecular flexibility index (Phi) is 7.42. The second-order valence-electron chi connectivity index (χ2n) is 6.74. The quantitative estimate of drug-likeness (QED) is 0.604. The average Bonchev–Trinajstić information content (AvgIpc) is 2.54. The SMILES string of the molecule is CNC(=O)C(Cc1ccc(OC(C)(C)C)cc1)NC(=O)C(C)NC=O. The smallest absolute Gasteiger partial charge is 0.242 e. The van der Waals surface area contributed by atoms with Crippen LogP contribution in [0.4, 0.5) is 0 Å². The number of ether oxygens (including phenoxy) is 1. The maximum atomic E-state index is 12.0. The molecule has 1 aromatic rings. The summed E-state index contributed by atoms with van der Waals surface area (Å²) in [5.74, 6) is 0.00985. The molecule has 0 radical (unpaired) electrons. The van der Waals surface area contributed by atoms with Crippen LogP contribution < -0.4 is 20.7 Å². The summed E-state index contributed by atoms with van der Waals surface area (Å²) >= 11 is 0. The Hall–Kier alpha value is -2.57. The van der Waals surface area contributed by atoms with E-state index >= 15 is 0 Å². The van der Waals surface area contributed by atoms with Crippen molar-refractivity contribution in [1.29, 1.82) is 0 Å². The number of carbonyl (C=O) groups excluding carboxylic acids is 3. The van der Waals surface area contributed by atoms with E-state index in [0.29, 0.717) is 12.8 Å². The number of likely N-dealkylation sites (N-methyl/N-ethyl adjacent to an activating group) is 1. The van der Waals surface area contributed by atoms with Gasteiger partial charge in [-0.15, -0.1) is 0 Å². The summed E-state index contributed by atoms with van der Waals surface area (Å²) in [5.41, 5.74) is 0.591. The maximum Gasteiger partial charge on any atom is 0.242 e. The summed E-state index contributed by atoms with van der Waals surface area (Å²) in [6.45, 7) is 7.44. The molecule has 0 spiro atoms. The molecular formula is C18H27N3O4. The molecule has 1 aromatic carbocycles. The van der Waals surface area contributed by atoms with Crippen molar-refractivity contribution in [2.45, 2.75) is 51.8 Å². The molecule has 0 heterocycles. The minimum atomic E-state index is -0.734. The second-order valence-corrected chi connectivity index (χ2v) is 6.74. The lowest BCUT2D eigenvalue weighted by atomic mass is 10.0. The van der Waals surface area contributed by atoms with Crippen molar-refractivity contribution in [3.63, 3.8) is 0 Å². The Morgan fingerprint density at radius 1 is 1.16 bits per heavy atom. The maximum absolute atomic E-state index is 12.0. The van der Waals surface area contributed by atoms with Crippen molar-refractivity contribution in [1.82, 2.24) is 16.0 Å². The fourth-order valence-corrected chi connectivity index (χ4v) is 2.14. The van der Waals surface area contributed by atoms with Crippen molar-refractivity contribution in [2.75, 3.05) is 7.05 Å². The summed E-state index contributed by atoms with van der Waals surface area (Å²) in [6, 6.07) is 5.93. The van der Waals surface area contributed by atoms with Gasteiger partial charge in [-0.05, 0) is 45.4 Å². The Morgan fingerprint density at radius 2 is 1.76 bits per heavy atom. The van der Waals surface area contributed by atoms with Crippen LogP contribution >= 0.6 is 0 Å². The summed E-state index contributed by atoms with van der Waals surface area (Å²) in [6.07, 6.45) is 0.780. The van der Waals surface area contributed by atoms with E-state index in [4.69, 9.17) is 4.74 Å². The fraction of sp³-hybridized carbons (Fsp3) is 0.500. The highest BCUT2D eigenvalue weighted by Crippen LogP contribution is 2.19. The second kappa shape index (κ2) is 9.05. The van der Waals surface area contributed by atoms with E-state index in [0.717, 1.165) is 11.3 Å². The number of benzene rings is 1. The molecule has 25 heavy (non-hydrogen) atoms. The Bertz CT molecular complexity index is 593. The zero-order valence-corrected chi connectivity index (χ0v) is 15.4. The van der Waals surface area contributed by atoms with E-state index in [1.165, 1.54) is 7.05 Å². The van der Waals surface area contributed by atoms with Crippen molar-refractivity contribution in [3.8, 4) is 5.75 Å². The Morgan fingerprint density at radius 3 is 2.24 bits per heavy atom. The van der Waals surface area contributed by atoms with Crippen LogP contribution in [0.5, 0.6) is 5.75 Å². The molecule has 0 fully saturated rings. The monoisotopic (exact) mass is 349 g/mol. The zero-order valence-electron chi connectivity index (χ0n) is 15.4. The topological polar surface area (TPSA) is 96.5 Å². The minimum Gasteiger partial charge on any atom is -0.488 e. The predicted octanol–water partition coefficient (Wildman–Crippen LogP) is 0.772. The van der Waals surface area contributed by atoms with Crippen molar-refractivity contribution >= 4 is 18.2 Å². The van der Waals surface area contributed by atoms with E-state index in [9.17, 15) is 14.4 Å². The Balaban J connectivity index is 2.80. The van der Waals surface area contributed by atoms with Gasteiger partial charge in [0.1, 0.15) is 23.4 Å². The van der Waals surface area contributed by atoms with Crippen LogP contribution in [-0.4, -0.2) is 43.0 Å². The first kappa shape index (κ1) is 20.5. The molecule has 0 aliphatic heterocycles. The van der Waals surface area contributed by atoms with Gasteiger partial charge in [0, 0.05) is 13.5 Å². The van der Waals surface area contributed by atoms with Crippen molar-refractivity contribution in [3.05, 3.63) is 29.8 Å². The molecule has 138 valence electrons. The van der Waals surface area contributed by atoms with Gasteiger partial charge in [0.05, 0.1) is 0 Å². The lowest BCUT2D eigenvalue weighted by molar-refractivity contribution is -0.130. The molecule has 7 heteroatoms. The summed E-state index contributed by atoms with van der Waals surface area (Å²) in [7, 11) is 1.51. The molecule has 0 aliphatic rings. The van der Waals surface area contributed by atoms with Gasteiger partial charge >= 0.3 is 0 Å². The number of rotatable bonds is 8. The van der Waals surface area contributed by atoms with E-state index in [1.807, 2.05) is 45.0 Å². The molecule has 7 nitrogen and oxygen atoms in total. The standard InChI is InChI=1S/C18H27N3O4/c1-12(20-11-22)16(23)21-15(17(24)19-5)10-13-6-8-14(9-7-13)25-18(2,3)4/h6-9,11-12,15H,10H2,1-5H3,(H,19,24)(H,20,22)(H,21,23). The molecule has 0 saturated carbocycles. The molecule has 0 aromatic heterocycles. The van der Waals surface area contributed by atoms with Crippen LogP contribution in [-0.2, 0) is 20.8 Å². The summed E-state index contributed by atoms with van der Waals surface area (Å²) < 4.78 is 5.76. The molecule has 0 aliphatic carbocycles. The van der Waals surface area contributed by atoms with Gasteiger partial charge in [0.25, 0.3) is 0 Å². The molecule has 2 unspecified atom stereocenters. The first-order valence-corrected chi connectivity index (χ1v) is 8.16. The lowest BCUT2D eigenvalue weighted by Crippen LogP contribution is -2.52. The fourth-order valence-electron chi connectivity index (χ4n) is 2.14. The highest BCUT2D eigenvalue weighted by Gasteiger charge is 2.23. The Labute approximate surface area is 148 Å². The van der Waals surface area contributed by atoms with Crippen LogP contribution in [0.15, 0.2) is 24.3 Å². The number of nitrogens with one attached hydrogen (secondary N) is 3. The van der Waals surface area contributed by atoms with Crippen LogP contribution in [0, 0.1) is 0 Å². The number of carbonyl (C=O) groups is 3. The van der Waals surface area contributed by atoms with Gasteiger partial charge in [-0.3, -0.25) is 14.4 Å². The van der Waals surface area contributed by atoms with Crippen LogP contribution in [0.25, 0.3) is 0 Å². The van der Waals surface area contributed by atoms with Crippen LogP contribution in [0.1, 0.15) is 33.3 Å². The minimum absolute atomic E-state index is 0.290. The summed E-state index contributed by atoms with van der Waals surface area (Å²) in [4.78, 5) is 34.5. The van der Waals surface area contributed by atoms with Crippen LogP contribution in [0.3, 0.4) is 0 Å². The predicted molar refractivity (Wildman–Crippen MR) is 95.2 cm³/mol. The van der Waals surface area contributed by atoms with E-state index in [2.05, 4.69) is 16.0 Å². The molecule has 3 amide bonds. The third-order valence-electron chi connectivity index (χ3n) is 3.38. The highest BCUT2D eigenvalue weighted by molar-refractivity contribution is 5.90. The van der Waals surface area contributed by atoms with Gasteiger partial charge in [-0.2, -0.15) is 0 Å². The molecule has 2 atom stereocenters. The normalized spacial score (nSPS) is 13.3. The lowest BCUT2D eigenvalue weighted by Gasteiger charge is -2.22. The van der Waals surface area contributed by atoms with Gasteiger partial charge in [-0.1, -0.05) is 12.1 Å². The van der Waals surface area contributed by atoms with Gasteiger partial charge in [0.15, 0.2) is 0 Å². The third kappa shape index (κ3) is 7.24. The first-order valence-electron chi connectivity index (χ1n) is 8.16. The average molecular weight is 349 g/mol. The number of hydrogen-bond acceptors (Lipinski definition) is 4. The molecule has 0 saturated heterocycles. The van der Waals surface area contributed by atoms with Crippen molar-refractivity contribution < 1.29 is 19.1 Å². The first-order chi connectivity index (χ1) is 11.7. The summed E-state index contributed by atoms with van der Waals surface area (Å²) in [5, 5.41) is 7.55. The molecule has 3 N–H and O–H groups in total. The molecule has 0 bridgehead atoms.